The molecule has 110 valence electrons. The molecule has 1 aromatic carbocycles. The number of rotatable bonds is 7. The van der Waals surface area contributed by atoms with E-state index in [0.29, 0.717) is 0 Å². The topological polar surface area (TPSA) is 92.9 Å². The third kappa shape index (κ3) is 4.14. The number of anilines is 1. The summed E-state index contributed by atoms with van der Waals surface area (Å²) in [5.74, 6) is -1.95. The molecule has 1 aromatic rings. The van der Waals surface area contributed by atoms with Gasteiger partial charge in [-0.2, -0.15) is 0 Å². The minimum atomic E-state index is -1.16. The van der Waals surface area contributed by atoms with Gasteiger partial charge >= 0.3 is 5.97 Å². The number of halogens is 2. The summed E-state index contributed by atoms with van der Waals surface area (Å²) in [6.45, 7) is -0.149. The first-order valence-corrected chi connectivity index (χ1v) is 6.25. The maximum absolute atomic E-state index is 13.4. The van der Waals surface area contributed by atoms with E-state index in [0.717, 1.165) is 6.07 Å². The van der Waals surface area contributed by atoms with Gasteiger partial charge in [-0.25, -0.2) is 4.39 Å². The van der Waals surface area contributed by atoms with Crippen LogP contribution >= 0.6 is 15.9 Å². The lowest BCUT2D eigenvalue weighted by molar-refractivity contribution is -0.384. The van der Waals surface area contributed by atoms with Crippen molar-refractivity contribution >= 4 is 33.3 Å². The highest BCUT2D eigenvalue weighted by Gasteiger charge is 2.23. The highest BCUT2D eigenvalue weighted by molar-refractivity contribution is 9.10. The number of carboxylic acid groups (broad SMARTS) is 1. The van der Waals surface area contributed by atoms with E-state index in [4.69, 9.17) is 9.84 Å². The van der Waals surface area contributed by atoms with E-state index < -0.39 is 28.9 Å². The number of nitrogens with zero attached hydrogens (tertiary/aromatic N) is 2. The molecule has 20 heavy (non-hydrogen) atoms. The molecular weight excluding hydrogens is 339 g/mol. The molecule has 0 aromatic heterocycles. The largest absolute Gasteiger partial charge is 0.480 e. The van der Waals surface area contributed by atoms with Gasteiger partial charge in [-0.15, -0.1) is 0 Å². The Balaban J connectivity index is 3.25. The Labute approximate surface area is 122 Å². The number of aliphatic carboxylic acids is 1. The Morgan fingerprint density at radius 3 is 2.75 bits per heavy atom. The van der Waals surface area contributed by atoms with Crippen molar-refractivity contribution in [1.82, 2.24) is 0 Å². The van der Waals surface area contributed by atoms with Crippen molar-refractivity contribution < 1.29 is 24.0 Å². The average Bonchev–Trinajstić information content (AvgIpc) is 2.36. The Kier molecular flexibility index (Phi) is 5.83. The van der Waals surface area contributed by atoms with E-state index in [1.165, 1.54) is 18.1 Å². The van der Waals surface area contributed by atoms with Crippen LogP contribution in [0.25, 0.3) is 0 Å². The molecule has 0 radical (unpaired) electrons. The van der Waals surface area contributed by atoms with Crippen molar-refractivity contribution in [2.45, 2.75) is 0 Å². The van der Waals surface area contributed by atoms with Gasteiger partial charge in [0.1, 0.15) is 18.0 Å². The molecule has 1 N–H and O–H groups in total. The number of carboxylic acids is 1. The molecule has 0 fully saturated rings. The number of nitro groups is 1. The Morgan fingerprint density at radius 1 is 1.60 bits per heavy atom. The monoisotopic (exact) mass is 350 g/mol. The zero-order chi connectivity index (χ0) is 15.3. The lowest BCUT2D eigenvalue weighted by atomic mass is 10.2. The summed E-state index contributed by atoms with van der Waals surface area (Å²) in [6, 6.07) is 1.94. The molecule has 0 heterocycles. The molecule has 0 spiro atoms. The number of benzene rings is 1. The van der Waals surface area contributed by atoms with Crippen LogP contribution in [-0.2, 0) is 9.53 Å². The van der Waals surface area contributed by atoms with Gasteiger partial charge in [0.2, 0.25) is 0 Å². The molecule has 0 unspecified atom stereocenters. The van der Waals surface area contributed by atoms with Gasteiger partial charge in [-0.1, -0.05) is 0 Å². The lowest BCUT2D eigenvalue weighted by Gasteiger charge is -2.22. The zero-order valence-electron chi connectivity index (χ0n) is 10.5. The zero-order valence-corrected chi connectivity index (χ0v) is 12.1. The molecule has 0 atom stereocenters. The third-order valence-electron chi connectivity index (χ3n) is 2.45. The van der Waals surface area contributed by atoms with Gasteiger partial charge in [-0.3, -0.25) is 14.9 Å². The molecule has 0 aliphatic rings. The summed E-state index contributed by atoms with van der Waals surface area (Å²) >= 11 is 2.93. The quantitative estimate of drug-likeness (QED) is 0.597. The van der Waals surface area contributed by atoms with Crippen LogP contribution in [0.1, 0.15) is 0 Å². The fourth-order valence-corrected chi connectivity index (χ4v) is 1.91. The normalized spacial score (nSPS) is 10.3. The van der Waals surface area contributed by atoms with Gasteiger partial charge in [0, 0.05) is 13.7 Å². The van der Waals surface area contributed by atoms with E-state index in [1.54, 1.807) is 0 Å². The van der Waals surface area contributed by atoms with Crippen molar-refractivity contribution in [3.63, 3.8) is 0 Å². The van der Waals surface area contributed by atoms with Gasteiger partial charge < -0.3 is 14.7 Å². The first-order chi connectivity index (χ1) is 9.36. The average molecular weight is 351 g/mol. The molecule has 0 amide bonds. The van der Waals surface area contributed by atoms with Crippen LogP contribution < -0.4 is 4.90 Å². The van der Waals surface area contributed by atoms with Crippen LogP contribution in [0.15, 0.2) is 16.6 Å². The summed E-state index contributed by atoms with van der Waals surface area (Å²) in [4.78, 5) is 22.3. The fraction of sp³-hybridized carbons (Fsp3) is 0.364. The van der Waals surface area contributed by atoms with E-state index in [9.17, 15) is 19.3 Å². The van der Waals surface area contributed by atoms with Crippen molar-refractivity contribution in [3.05, 3.63) is 32.5 Å². The van der Waals surface area contributed by atoms with Crippen LogP contribution in [0.2, 0.25) is 0 Å². The molecule has 7 nitrogen and oxygen atoms in total. The first-order valence-electron chi connectivity index (χ1n) is 5.46. The minimum absolute atomic E-state index is 0.0164. The number of ether oxygens (including phenoxy) is 1. The van der Waals surface area contributed by atoms with Crippen LogP contribution in [0, 0.1) is 15.9 Å². The Bertz CT molecular complexity index is 526. The fourth-order valence-electron chi connectivity index (χ4n) is 1.57. The summed E-state index contributed by atoms with van der Waals surface area (Å²) in [6.07, 6.45) is 0. The van der Waals surface area contributed by atoms with E-state index >= 15 is 0 Å². The molecule has 0 saturated carbocycles. The van der Waals surface area contributed by atoms with E-state index in [-0.39, 0.29) is 23.3 Å². The molecular formula is C11H12BrFN2O5. The summed E-state index contributed by atoms with van der Waals surface area (Å²) in [5.41, 5.74) is -0.481. The van der Waals surface area contributed by atoms with Crippen molar-refractivity contribution in [2.24, 2.45) is 0 Å². The van der Waals surface area contributed by atoms with Crippen LogP contribution in [0.3, 0.4) is 0 Å². The highest BCUT2D eigenvalue weighted by Crippen LogP contribution is 2.33. The molecule has 0 aliphatic carbocycles. The van der Waals surface area contributed by atoms with Gasteiger partial charge in [0.05, 0.1) is 22.1 Å². The van der Waals surface area contributed by atoms with Crippen molar-refractivity contribution in [1.29, 1.82) is 0 Å². The predicted molar refractivity (Wildman–Crippen MR) is 72.5 cm³/mol. The molecule has 0 saturated heterocycles. The Hall–Kier alpha value is -1.74. The van der Waals surface area contributed by atoms with Gasteiger partial charge in [0.25, 0.3) is 5.69 Å². The highest BCUT2D eigenvalue weighted by atomic mass is 79.9. The van der Waals surface area contributed by atoms with Crippen LogP contribution in [0.5, 0.6) is 0 Å². The Morgan fingerprint density at radius 2 is 2.25 bits per heavy atom. The number of nitro benzene ring substituents is 1. The van der Waals surface area contributed by atoms with Crippen molar-refractivity contribution in [3.8, 4) is 0 Å². The maximum atomic E-state index is 13.4. The van der Waals surface area contributed by atoms with Gasteiger partial charge in [-0.05, 0) is 22.0 Å². The van der Waals surface area contributed by atoms with E-state index in [1.807, 2.05) is 0 Å². The summed E-state index contributed by atoms with van der Waals surface area (Å²) in [7, 11) is 1.42. The number of carbonyl (C=O) groups is 1. The smallest absolute Gasteiger partial charge is 0.323 e. The molecule has 0 bridgehead atoms. The molecule has 0 aliphatic heterocycles. The second-order valence-electron chi connectivity index (χ2n) is 3.82. The molecule has 9 heteroatoms. The number of methoxy groups -OCH3 is 1. The first kappa shape index (κ1) is 16.3. The standard InChI is InChI=1S/C11H12BrFN2O5/c1-20-3-2-14(6-11(16)17)9-4-7(12)8(13)5-10(9)15(18)19/h4-5H,2-3,6H2,1H3,(H,16,17). The lowest BCUT2D eigenvalue weighted by Crippen LogP contribution is -2.33. The number of hydrogen-bond acceptors (Lipinski definition) is 5. The summed E-state index contributed by atoms with van der Waals surface area (Å²) < 4.78 is 18.2. The third-order valence-corrected chi connectivity index (χ3v) is 3.05. The van der Waals surface area contributed by atoms with Gasteiger partial charge in [0.15, 0.2) is 0 Å². The summed E-state index contributed by atoms with van der Waals surface area (Å²) in [5, 5.41) is 19.8. The van der Waals surface area contributed by atoms with Crippen LogP contribution in [0.4, 0.5) is 15.8 Å². The predicted octanol–water partition coefficient (Wildman–Crippen LogP) is 2.03. The van der Waals surface area contributed by atoms with Crippen LogP contribution in [-0.4, -0.2) is 42.8 Å². The molecule has 1 rings (SSSR count). The maximum Gasteiger partial charge on any atom is 0.323 e. The minimum Gasteiger partial charge on any atom is -0.480 e. The van der Waals surface area contributed by atoms with Crippen molar-refractivity contribution in [2.75, 3.05) is 31.7 Å². The second kappa shape index (κ2) is 7.15. The second-order valence-corrected chi connectivity index (χ2v) is 4.67. The van der Waals surface area contributed by atoms with E-state index in [2.05, 4.69) is 15.9 Å². The SMILES string of the molecule is COCCN(CC(=O)O)c1cc(Br)c(F)cc1[N+](=O)[O-]. The number of hydrogen-bond donors (Lipinski definition) is 1.